The van der Waals surface area contributed by atoms with E-state index in [1.165, 1.54) is 22.9 Å². The van der Waals surface area contributed by atoms with E-state index in [0.717, 1.165) is 22.6 Å². The van der Waals surface area contributed by atoms with Crippen LogP contribution in [-0.2, 0) is 4.79 Å². The summed E-state index contributed by atoms with van der Waals surface area (Å²) in [6, 6.07) is 26.2. The fourth-order valence-corrected chi connectivity index (χ4v) is 4.12. The van der Waals surface area contributed by atoms with Gasteiger partial charge in [-0.3, -0.25) is 9.36 Å². The predicted octanol–water partition coefficient (Wildman–Crippen LogP) is 5.61. The normalized spacial score (nSPS) is 11.3. The van der Waals surface area contributed by atoms with E-state index >= 15 is 0 Å². The zero-order chi connectivity index (χ0) is 23.9. The maximum atomic E-state index is 12.4. The number of para-hydroxylation sites is 1. The average Bonchev–Trinajstić information content (AvgIpc) is 3.28. The van der Waals surface area contributed by atoms with E-state index in [1.54, 1.807) is 6.21 Å². The Kier molecular flexibility index (Phi) is 7.54. The van der Waals surface area contributed by atoms with E-state index in [0.29, 0.717) is 11.1 Å². The number of hydrazone groups is 1. The Morgan fingerprint density at radius 2 is 1.71 bits per heavy atom. The number of thioether (sulfide) groups is 1. The second-order valence-corrected chi connectivity index (χ2v) is 9.19. The number of benzene rings is 3. The lowest BCUT2D eigenvalue weighted by atomic mass is 10.0. The maximum Gasteiger partial charge on any atom is 0.250 e. The van der Waals surface area contributed by atoms with Crippen molar-refractivity contribution in [3.05, 3.63) is 95.6 Å². The molecule has 3 aromatic carbocycles. The molecule has 0 aliphatic heterocycles. The molecule has 7 heteroatoms. The van der Waals surface area contributed by atoms with Gasteiger partial charge in [-0.1, -0.05) is 97.9 Å². The number of nitrogens with zero attached hydrogens (tertiary/aromatic N) is 4. The van der Waals surface area contributed by atoms with Gasteiger partial charge in [0.05, 0.1) is 12.0 Å². The molecule has 0 aliphatic carbocycles. The Hall–Kier alpha value is -3.71. The van der Waals surface area contributed by atoms with Gasteiger partial charge in [0, 0.05) is 11.3 Å². The molecule has 0 unspecified atom stereocenters. The molecule has 0 radical (unpaired) electrons. The SMILES string of the molecule is Cc1ccc(-c2nnc(SCC(=O)NN=Cc3ccc(C(C)C)cc3)n2-c2ccccc2)cc1. The van der Waals surface area contributed by atoms with E-state index < -0.39 is 0 Å². The first-order chi connectivity index (χ1) is 16.5. The highest BCUT2D eigenvalue weighted by molar-refractivity contribution is 7.99. The van der Waals surface area contributed by atoms with Crippen LogP contribution < -0.4 is 5.43 Å². The molecule has 0 atom stereocenters. The molecule has 0 bridgehead atoms. The monoisotopic (exact) mass is 469 g/mol. The van der Waals surface area contributed by atoms with Gasteiger partial charge in [0.25, 0.3) is 5.91 Å². The van der Waals surface area contributed by atoms with Crippen LogP contribution >= 0.6 is 11.8 Å². The van der Waals surface area contributed by atoms with Crippen LogP contribution in [0.25, 0.3) is 17.1 Å². The molecule has 172 valence electrons. The molecule has 1 aromatic heterocycles. The lowest BCUT2D eigenvalue weighted by Gasteiger charge is -2.10. The van der Waals surface area contributed by atoms with Crippen molar-refractivity contribution in [2.45, 2.75) is 31.8 Å². The average molecular weight is 470 g/mol. The highest BCUT2D eigenvalue weighted by Crippen LogP contribution is 2.28. The molecular formula is C27H27N5OS. The molecule has 6 nitrogen and oxygen atoms in total. The minimum atomic E-state index is -0.209. The van der Waals surface area contributed by atoms with E-state index in [-0.39, 0.29) is 11.7 Å². The third-order valence-corrected chi connectivity index (χ3v) is 6.22. The van der Waals surface area contributed by atoms with Crippen LogP contribution in [0, 0.1) is 6.92 Å². The summed E-state index contributed by atoms with van der Waals surface area (Å²) < 4.78 is 1.97. The van der Waals surface area contributed by atoms with Crippen molar-refractivity contribution in [3.8, 4) is 17.1 Å². The summed E-state index contributed by atoms with van der Waals surface area (Å²) >= 11 is 1.32. The molecule has 34 heavy (non-hydrogen) atoms. The molecule has 4 aromatic rings. The smallest absolute Gasteiger partial charge is 0.250 e. The van der Waals surface area contributed by atoms with Gasteiger partial charge in [0.2, 0.25) is 0 Å². The first-order valence-electron chi connectivity index (χ1n) is 11.1. The van der Waals surface area contributed by atoms with Gasteiger partial charge >= 0.3 is 0 Å². The van der Waals surface area contributed by atoms with Gasteiger partial charge in [0.15, 0.2) is 11.0 Å². The van der Waals surface area contributed by atoms with Crippen LogP contribution in [0.1, 0.15) is 36.5 Å². The Labute approximate surface area is 204 Å². The topological polar surface area (TPSA) is 72.2 Å². The van der Waals surface area contributed by atoms with Crippen LogP contribution in [0.15, 0.2) is 89.1 Å². The van der Waals surface area contributed by atoms with E-state index in [1.807, 2.05) is 71.3 Å². The summed E-state index contributed by atoms with van der Waals surface area (Å²) in [7, 11) is 0. The fraction of sp³-hybridized carbons (Fsp3) is 0.185. The molecule has 0 saturated carbocycles. The van der Waals surface area contributed by atoms with Crippen molar-refractivity contribution < 1.29 is 4.79 Å². The summed E-state index contributed by atoms with van der Waals surface area (Å²) in [4.78, 5) is 12.4. The van der Waals surface area contributed by atoms with Gasteiger partial charge in [-0.2, -0.15) is 5.10 Å². The first-order valence-corrected chi connectivity index (χ1v) is 12.1. The number of aromatic nitrogens is 3. The molecular weight excluding hydrogens is 442 g/mol. The quantitative estimate of drug-likeness (QED) is 0.207. The Bertz CT molecular complexity index is 1260. The highest BCUT2D eigenvalue weighted by atomic mass is 32.2. The second-order valence-electron chi connectivity index (χ2n) is 8.25. The number of amides is 1. The zero-order valence-corrected chi connectivity index (χ0v) is 20.3. The van der Waals surface area contributed by atoms with Crippen molar-refractivity contribution in [1.29, 1.82) is 0 Å². The number of hydrogen-bond donors (Lipinski definition) is 1. The minimum absolute atomic E-state index is 0.169. The molecule has 0 fully saturated rings. The van der Waals surface area contributed by atoms with Gasteiger partial charge in [0.1, 0.15) is 0 Å². The van der Waals surface area contributed by atoms with Crippen molar-refractivity contribution in [1.82, 2.24) is 20.2 Å². The van der Waals surface area contributed by atoms with Crippen molar-refractivity contribution >= 4 is 23.9 Å². The first kappa shape index (κ1) is 23.4. The standard InChI is InChI=1S/C27H27N5OS/c1-19(2)22-15-11-21(12-16-22)17-28-29-25(33)18-34-27-31-30-26(23-13-9-20(3)10-14-23)32(27)24-7-5-4-6-8-24/h4-17,19H,18H2,1-3H3,(H,29,33). The molecule has 4 rings (SSSR count). The number of carbonyl (C=O) groups excluding carboxylic acids is 1. The number of hydrogen-bond acceptors (Lipinski definition) is 5. The fourth-order valence-electron chi connectivity index (χ4n) is 3.37. The third kappa shape index (κ3) is 5.80. The summed E-state index contributed by atoms with van der Waals surface area (Å²) in [5.41, 5.74) is 7.88. The van der Waals surface area contributed by atoms with Gasteiger partial charge in [-0.25, -0.2) is 5.43 Å². The summed E-state index contributed by atoms with van der Waals surface area (Å²) in [6.07, 6.45) is 1.65. The summed E-state index contributed by atoms with van der Waals surface area (Å²) in [6.45, 7) is 6.36. The summed E-state index contributed by atoms with van der Waals surface area (Å²) in [5, 5.41) is 13.5. The predicted molar refractivity (Wildman–Crippen MR) is 139 cm³/mol. The molecule has 1 amide bonds. The van der Waals surface area contributed by atoms with Gasteiger partial charge in [-0.15, -0.1) is 10.2 Å². The van der Waals surface area contributed by atoms with Gasteiger partial charge < -0.3 is 0 Å². The van der Waals surface area contributed by atoms with E-state index in [4.69, 9.17) is 0 Å². The van der Waals surface area contributed by atoms with Crippen LogP contribution in [0.4, 0.5) is 0 Å². The lowest BCUT2D eigenvalue weighted by Crippen LogP contribution is -2.20. The van der Waals surface area contributed by atoms with Gasteiger partial charge in [-0.05, 0) is 36.1 Å². The number of carbonyl (C=O) groups is 1. The third-order valence-electron chi connectivity index (χ3n) is 5.30. The molecule has 1 heterocycles. The molecule has 1 N–H and O–H groups in total. The van der Waals surface area contributed by atoms with Crippen LogP contribution in [0.5, 0.6) is 0 Å². The van der Waals surface area contributed by atoms with Crippen molar-refractivity contribution in [3.63, 3.8) is 0 Å². The van der Waals surface area contributed by atoms with Crippen molar-refractivity contribution in [2.75, 3.05) is 5.75 Å². The largest absolute Gasteiger partial charge is 0.272 e. The zero-order valence-electron chi connectivity index (χ0n) is 19.5. The molecule has 0 spiro atoms. The second kappa shape index (κ2) is 10.9. The van der Waals surface area contributed by atoms with E-state index in [2.05, 4.69) is 53.6 Å². The maximum absolute atomic E-state index is 12.4. The Morgan fingerprint density at radius 3 is 2.38 bits per heavy atom. The number of aryl methyl sites for hydroxylation is 1. The molecule has 0 aliphatic rings. The van der Waals surface area contributed by atoms with Crippen LogP contribution in [0.2, 0.25) is 0 Å². The van der Waals surface area contributed by atoms with E-state index in [9.17, 15) is 4.79 Å². The number of rotatable bonds is 8. The molecule has 0 saturated heterocycles. The van der Waals surface area contributed by atoms with Crippen LogP contribution in [0.3, 0.4) is 0 Å². The Balaban J connectivity index is 1.45. The lowest BCUT2D eigenvalue weighted by molar-refractivity contribution is -0.118. The summed E-state index contributed by atoms with van der Waals surface area (Å²) in [5.74, 6) is 1.17. The minimum Gasteiger partial charge on any atom is -0.272 e. The Morgan fingerprint density at radius 1 is 1.00 bits per heavy atom. The highest BCUT2D eigenvalue weighted by Gasteiger charge is 2.17. The van der Waals surface area contributed by atoms with Crippen LogP contribution in [-0.4, -0.2) is 32.6 Å². The number of nitrogens with one attached hydrogen (secondary N) is 1. The van der Waals surface area contributed by atoms with Crippen molar-refractivity contribution in [2.24, 2.45) is 5.10 Å².